The number of hydrazine groups is 2. The smallest absolute Gasteiger partial charge is 0.230 e. The van der Waals surface area contributed by atoms with Gasteiger partial charge in [-0.25, -0.2) is 4.98 Å². The van der Waals surface area contributed by atoms with E-state index in [4.69, 9.17) is 5.10 Å². The lowest BCUT2D eigenvalue weighted by molar-refractivity contribution is 0.766. The van der Waals surface area contributed by atoms with E-state index in [1.54, 1.807) is 11.3 Å². The number of para-hydroxylation sites is 1. The van der Waals surface area contributed by atoms with Crippen LogP contribution < -0.4 is 15.7 Å². The summed E-state index contributed by atoms with van der Waals surface area (Å²) in [6.07, 6.45) is 0. The number of nitrogens with zero attached hydrogens (tertiary/aromatic N) is 4. The van der Waals surface area contributed by atoms with Crippen LogP contribution in [0.3, 0.4) is 0 Å². The molecule has 134 valence electrons. The number of halogens is 1. The first-order chi connectivity index (χ1) is 12.7. The quantitative estimate of drug-likeness (QED) is 0.602. The molecule has 2 aromatic carbocycles. The van der Waals surface area contributed by atoms with Gasteiger partial charge in [-0.1, -0.05) is 75.8 Å². The van der Waals surface area contributed by atoms with Crippen molar-refractivity contribution in [3.05, 3.63) is 76.8 Å². The zero-order chi connectivity index (χ0) is 18.5. The number of aromatic nitrogens is 1. The van der Waals surface area contributed by atoms with Crippen LogP contribution in [0.5, 0.6) is 0 Å². The van der Waals surface area contributed by atoms with E-state index in [1.165, 1.54) is 4.88 Å². The Morgan fingerprint density at radius 3 is 2.12 bits per heavy atom. The Kier molecular flexibility index (Phi) is 5.90. The summed E-state index contributed by atoms with van der Waals surface area (Å²) in [7, 11) is 0. The molecule has 3 aromatic rings. The number of aryl methyl sites for hydroxylation is 2. The predicted octanol–water partition coefficient (Wildman–Crippen LogP) is 4.88. The van der Waals surface area contributed by atoms with Crippen molar-refractivity contribution < 1.29 is 0 Å². The third-order valence-corrected chi connectivity index (χ3v) is 4.87. The lowest BCUT2D eigenvalue weighted by Crippen LogP contribution is -2.44. The van der Waals surface area contributed by atoms with Crippen LogP contribution >= 0.6 is 27.3 Å². The summed E-state index contributed by atoms with van der Waals surface area (Å²) >= 11 is 4.57. The van der Waals surface area contributed by atoms with Crippen LogP contribution in [-0.2, 0) is 0 Å². The fraction of sp³-hybridized carbons (Fsp3) is 0.158. The molecule has 1 aliphatic heterocycles. The maximum absolute atomic E-state index is 4.75. The van der Waals surface area contributed by atoms with Gasteiger partial charge in [-0.15, -0.1) is 10.2 Å². The van der Waals surface area contributed by atoms with E-state index < -0.39 is 0 Å². The monoisotopic (exact) mass is 429 g/mol. The van der Waals surface area contributed by atoms with Crippen molar-refractivity contribution in [1.29, 1.82) is 0 Å². The third kappa shape index (κ3) is 3.73. The van der Waals surface area contributed by atoms with Gasteiger partial charge in [0.1, 0.15) is 0 Å². The number of amidine groups is 1. The lowest BCUT2D eigenvalue weighted by atomic mass is 10.2. The van der Waals surface area contributed by atoms with Crippen LogP contribution in [0.2, 0.25) is 0 Å². The van der Waals surface area contributed by atoms with Crippen molar-refractivity contribution in [3.63, 3.8) is 0 Å². The molecule has 0 amide bonds. The summed E-state index contributed by atoms with van der Waals surface area (Å²) in [5.74, 6) is 2.61. The fourth-order valence-electron chi connectivity index (χ4n) is 2.44. The first-order valence-corrected chi connectivity index (χ1v) is 10.5. The van der Waals surface area contributed by atoms with Gasteiger partial charge in [-0.2, -0.15) is 5.12 Å². The molecule has 2 heterocycles. The summed E-state index contributed by atoms with van der Waals surface area (Å²) in [6.45, 7) is 4.10. The van der Waals surface area contributed by atoms with E-state index in [0.29, 0.717) is 0 Å². The van der Waals surface area contributed by atoms with Crippen LogP contribution in [0.1, 0.15) is 16.1 Å². The molecule has 0 fully saturated rings. The second-order valence-corrected chi connectivity index (χ2v) is 6.68. The number of hydrogen-bond donors (Lipinski definition) is 1. The summed E-state index contributed by atoms with van der Waals surface area (Å²) in [5, 5.41) is 9.33. The fourth-order valence-corrected chi connectivity index (χ4v) is 3.29. The minimum atomic E-state index is 0.796. The Labute approximate surface area is 166 Å². The second kappa shape index (κ2) is 8.33. The molecule has 0 unspecified atom stereocenters. The maximum Gasteiger partial charge on any atom is 0.230 e. The summed E-state index contributed by atoms with van der Waals surface area (Å²) in [5.41, 5.74) is 6.44. The molecule has 0 radical (unpaired) electrons. The van der Waals surface area contributed by atoms with Crippen molar-refractivity contribution in [2.24, 2.45) is 5.10 Å². The van der Waals surface area contributed by atoms with Gasteiger partial charge in [-0.3, -0.25) is 5.43 Å². The van der Waals surface area contributed by atoms with Crippen molar-refractivity contribution in [2.45, 2.75) is 13.8 Å². The van der Waals surface area contributed by atoms with Crippen LogP contribution in [-0.4, -0.2) is 16.7 Å². The normalized spacial score (nSPS) is 13.0. The standard InChI is InChI=1S/C18H17N5S.CH3Br/c1-13-14(2)24-18(19-13)23-21-17(15-9-5-3-6-10-15)20-22(23)16-11-7-4-8-12-16;1-2/h3-12H,1-2H3,(H,20,21);1H3. The predicted molar refractivity (Wildman–Crippen MR) is 114 cm³/mol. The average Bonchev–Trinajstić information content (AvgIpc) is 3.29. The number of rotatable bonds is 3. The topological polar surface area (TPSA) is 43.8 Å². The molecule has 0 atom stereocenters. The zero-order valence-electron chi connectivity index (χ0n) is 14.8. The van der Waals surface area contributed by atoms with Gasteiger partial charge in [0.05, 0.1) is 11.4 Å². The molecule has 26 heavy (non-hydrogen) atoms. The van der Waals surface area contributed by atoms with E-state index in [9.17, 15) is 0 Å². The molecule has 0 spiro atoms. The Morgan fingerprint density at radius 2 is 1.54 bits per heavy atom. The number of hydrogen-bond acceptors (Lipinski definition) is 6. The Bertz CT molecular complexity index is 860. The highest BCUT2D eigenvalue weighted by molar-refractivity contribution is 9.08. The SMILES string of the molecule is CBr.Cc1nc(N2N=C(c3ccccc3)NN2c2ccccc2)sc1C. The van der Waals surface area contributed by atoms with Gasteiger partial charge in [0.15, 0.2) is 5.84 Å². The average molecular weight is 430 g/mol. The van der Waals surface area contributed by atoms with E-state index in [0.717, 1.165) is 27.9 Å². The van der Waals surface area contributed by atoms with Crippen LogP contribution in [0.15, 0.2) is 65.8 Å². The van der Waals surface area contributed by atoms with Crippen molar-refractivity contribution >= 4 is 43.9 Å². The van der Waals surface area contributed by atoms with E-state index in [1.807, 2.05) is 83.7 Å². The van der Waals surface area contributed by atoms with Gasteiger partial charge in [0.2, 0.25) is 5.13 Å². The molecule has 1 aromatic heterocycles. The number of alkyl halides is 1. The molecule has 0 aliphatic carbocycles. The summed E-state index contributed by atoms with van der Waals surface area (Å²) in [6, 6.07) is 20.2. The van der Waals surface area contributed by atoms with Gasteiger partial charge in [-0.05, 0) is 31.8 Å². The zero-order valence-corrected chi connectivity index (χ0v) is 17.3. The molecule has 0 saturated carbocycles. The maximum atomic E-state index is 4.75. The minimum Gasteiger partial charge on any atom is -0.259 e. The Morgan fingerprint density at radius 1 is 0.923 bits per heavy atom. The molecule has 1 aliphatic rings. The molecular formula is C19H20BrN5S. The molecule has 5 nitrogen and oxygen atoms in total. The minimum absolute atomic E-state index is 0.796. The molecule has 7 heteroatoms. The van der Waals surface area contributed by atoms with Crippen molar-refractivity contribution in [1.82, 2.24) is 10.4 Å². The number of thiazole rings is 1. The summed E-state index contributed by atoms with van der Waals surface area (Å²) < 4.78 is 0. The van der Waals surface area contributed by atoms with Crippen LogP contribution in [0, 0.1) is 13.8 Å². The first kappa shape index (κ1) is 18.4. The summed E-state index contributed by atoms with van der Waals surface area (Å²) in [4.78, 5) is 5.85. The number of hydrazone groups is 1. The number of anilines is 2. The second-order valence-electron chi connectivity index (χ2n) is 5.50. The van der Waals surface area contributed by atoms with Crippen LogP contribution in [0.4, 0.5) is 10.8 Å². The highest BCUT2D eigenvalue weighted by Crippen LogP contribution is 2.30. The highest BCUT2D eigenvalue weighted by Gasteiger charge is 2.28. The molecule has 4 rings (SSSR count). The number of benzene rings is 2. The van der Waals surface area contributed by atoms with Gasteiger partial charge in [0.25, 0.3) is 0 Å². The Hall–Kier alpha value is -2.38. The molecule has 0 saturated heterocycles. The number of nitrogens with one attached hydrogen (secondary N) is 1. The van der Waals surface area contributed by atoms with Crippen LogP contribution in [0.25, 0.3) is 0 Å². The molecule has 1 N–H and O–H groups in total. The van der Waals surface area contributed by atoms with E-state index in [-0.39, 0.29) is 0 Å². The Balaban J connectivity index is 0.000000948. The van der Waals surface area contributed by atoms with E-state index >= 15 is 0 Å². The van der Waals surface area contributed by atoms with Gasteiger partial charge < -0.3 is 0 Å². The third-order valence-electron chi connectivity index (χ3n) is 3.83. The lowest BCUT2D eigenvalue weighted by Gasteiger charge is -2.25. The molecular weight excluding hydrogens is 410 g/mol. The van der Waals surface area contributed by atoms with Gasteiger partial charge >= 0.3 is 0 Å². The first-order valence-electron chi connectivity index (χ1n) is 8.10. The highest BCUT2D eigenvalue weighted by atomic mass is 79.9. The van der Waals surface area contributed by atoms with Crippen molar-refractivity contribution in [3.8, 4) is 0 Å². The molecule has 0 bridgehead atoms. The largest absolute Gasteiger partial charge is 0.259 e. The van der Waals surface area contributed by atoms with E-state index in [2.05, 4.69) is 33.3 Å². The van der Waals surface area contributed by atoms with Gasteiger partial charge in [0, 0.05) is 10.4 Å². The van der Waals surface area contributed by atoms with Crippen molar-refractivity contribution in [2.75, 3.05) is 16.1 Å².